The Balaban J connectivity index is 2.10. The van der Waals surface area contributed by atoms with Gasteiger partial charge in [-0.25, -0.2) is 0 Å². The summed E-state index contributed by atoms with van der Waals surface area (Å²) < 4.78 is 6.75. The molecule has 0 radical (unpaired) electrons. The summed E-state index contributed by atoms with van der Waals surface area (Å²) in [6, 6.07) is 5.58. The van der Waals surface area contributed by atoms with Crippen molar-refractivity contribution in [1.29, 1.82) is 0 Å². The molecule has 0 spiro atoms. The van der Waals surface area contributed by atoms with Gasteiger partial charge in [0.25, 0.3) is 0 Å². The lowest BCUT2D eigenvalue weighted by Crippen LogP contribution is -2.19. The predicted octanol–water partition coefficient (Wildman–Crippen LogP) is 2.84. The molecule has 0 saturated carbocycles. The second-order valence-corrected chi connectivity index (χ2v) is 4.60. The molecule has 76 valence electrons. The van der Waals surface area contributed by atoms with Crippen LogP contribution in [0.1, 0.15) is 6.42 Å². The van der Waals surface area contributed by atoms with Gasteiger partial charge in [-0.3, -0.25) is 0 Å². The summed E-state index contributed by atoms with van der Waals surface area (Å²) in [6.07, 6.45) is 1.32. The monoisotopic (exact) mass is 275 g/mol. The maximum atomic E-state index is 5.89. The molecule has 2 rings (SSSR count). The highest BCUT2D eigenvalue weighted by molar-refractivity contribution is 9.10. The molecular formula is C10H11BrClNO. The summed E-state index contributed by atoms with van der Waals surface area (Å²) >= 11 is 9.32. The van der Waals surface area contributed by atoms with Crippen LogP contribution < -0.4 is 10.1 Å². The Hall–Kier alpha value is -0.250. The second-order valence-electron chi connectivity index (χ2n) is 3.31. The van der Waals surface area contributed by atoms with Crippen molar-refractivity contribution in [3.05, 3.63) is 27.7 Å². The summed E-state index contributed by atoms with van der Waals surface area (Å²) in [7, 11) is 0. The fraction of sp³-hybridized carbons (Fsp3) is 0.400. The van der Waals surface area contributed by atoms with Crippen LogP contribution in [-0.4, -0.2) is 19.2 Å². The fourth-order valence-corrected chi connectivity index (χ4v) is 1.98. The first-order chi connectivity index (χ1) is 6.75. The van der Waals surface area contributed by atoms with Gasteiger partial charge >= 0.3 is 0 Å². The van der Waals surface area contributed by atoms with Crippen LogP contribution >= 0.6 is 27.5 Å². The number of benzene rings is 1. The molecule has 1 aromatic rings. The molecule has 1 fully saturated rings. The molecule has 1 N–H and O–H groups in total. The SMILES string of the molecule is Clc1ccc(Br)c(OC2CCNC2)c1. The molecule has 1 heterocycles. The Bertz CT molecular complexity index is 326. The zero-order chi connectivity index (χ0) is 9.97. The van der Waals surface area contributed by atoms with Gasteiger partial charge in [0.15, 0.2) is 0 Å². The molecule has 1 atom stereocenters. The van der Waals surface area contributed by atoms with E-state index in [0.29, 0.717) is 5.02 Å². The number of rotatable bonds is 2. The Labute approximate surface area is 96.7 Å². The number of hydrogen-bond acceptors (Lipinski definition) is 2. The van der Waals surface area contributed by atoms with Gasteiger partial charge in [0.1, 0.15) is 11.9 Å². The van der Waals surface area contributed by atoms with Crippen LogP contribution in [0, 0.1) is 0 Å². The van der Waals surface area contributed by atoms with Crippen LogP contribution in [0.15, 0.2) is 22.7 Å². The van der Waals surface area contributed by atoms with Gasteiger partial charge in [-0.1, -0.05) is 11.6 Å². The van der Waals surface area contributed by atoms with Crippen LogP contribution in [0.3, 0.4) is 0 Å². The zero-order valence-electron chi connectivity index (χ0n) is 7.59. The van der Waals surface area contributed by atoms with E-state index in [0.717, 1.165) is 29.7 Å². The molecule has 0 amide bonds. The highest BCUT2D eigenvalue weighted by Gasteiger charge is 2.16. The van der Waals surface area contributed by atoms with Crippen molar-refractivity contribution in [2.45, 2.75) is 12.5 Å². The summed E-state index contributed by atoms with van der Waals surface area (Å²) in [4.78, 5) is 0. The van der Waals surface area contributed by atoms with E-state index >= 15 is 0 Å². The highest BCUT2D eigenvalue weighted by Crippen LogP contribution is 2.29. The van der Waals surface area contributed by atoms with Crippen molar-refractivity contribution in [3.63, 3.8) is 0 Å². The number of nitrogens with one attached hydrogen (secondary N) is 1. The Kier molecular flexibility index (Phi) is 3.31. The minimum Gasteiger partial charge on any atom is -0.488 e. The molecule has 14 heavy (non-hydrogen) atoms. The molecule has 4 heteroatoms. The lowest BCUT2D eigenvalue weighted by molar-refractivity contribution is 0.221. The Morgan fingerprint density at radius 2 is 2.36 bits per heavy atom. The maximum absolute atomic E-state index is 5.89. The largest absolute Gasteiger partial charge is 0.488 e. The van der Waals surface area contributed by atoms with E-state index in [1.807, 2.05) is 18.2 Å². The van der Waals surface area contributed by atoms with E-state index in [9.17, 15) is 0 Å². The zero-order valence-corrected chi connectivity index (χ0v) is 9.94. The minimum absolute atomic E-state index is 0.268. The molecule has 1 saturated heterocycles. The molecule has 1 aliphatic heterocycles. The second kappa shape index (κ2) is 4.51. The summed E-state index contributed by atoms with van der Waals surface area (Å²) in [5.41, 5.74) is 0. The lowest BCUT2D eigenvalue weighted by Gasteiger charge is -2.13. The van der Waals surface area contributed by atoms with E-state index in [2.05, 4.69) is 21.2 Å². The molecule has 1 aromatic carbocycles. The van der Waals surface area contributed by atoms with Crippen LogP contribution in [0.5, 0.6) is 5.75 Å². The fourth-order valence-electron chi connectivity index (χ4n) is 1.48. The topological polar surface area (TPSA) is 21.3 Å². The van der Waals surface area contributed by atoms with Crippen LogP contribution in [-0.2, 0) is 0 Å². The number of hydrogen-bond donors (Lipinski definition) is 1. The van der Waals surface area contributed by atoms with Crippen molar-refractivity contribution in [1.82, 2.24) is 5.32 Å². The summed E-state index contributed by atoms with van der Waals surface area (Å²) in [5, 5.41) is 3.96. The highest BCUT2D eigenvalue weighted by atomic mass is 79.9. The van der Waals surface area contributed by atoms with Gasteiger partial charge in [0, 0.05) is 11.6 Å². The van der Waals surface area contributed by atoms with Crippen molar-refractivity contribution in [3.8, 4) is 5.75 Å². The Morgan fingerprint density at radius 1 is 1.50 bits per heavy atom. The van der Waals surface area contributed by atoms with Crippen LogP contribution in [0.2, 0.25) is 5.02 Å². The van der Waals surface area contributed by atoms with Crippen molar-refractivity contribution in [2.24, 2.45) is 0 Å². The third kappa shape index (κ3) is 2.41. The van der Waals surface area contributed by atoms with Crippen LogP contribution in [0.4, 0.5) is 0 Å². The van der Waals surface area contributed by atoms with Crippen molar-refractivity contribution < 1.29 is 4.74 Å². The third-order valence-electron chi connectivity index (χ3n) is 2.20. The lowest BCUT2D eigenvalue weighted by atomic mass is 10.3. The van der Waals surface area contributed by atoms with Gasteiger partial charge in [-0.15, -0.1) is 0 Å². The standard InChI is InChI=1S/C10H11BrClNO/c11-9-2-1-7(12)5-10(9)14-8-3-4-13-6-8/h1-2,5,8,13H,3-4,6H2. The van der Waals surface area contributed by atoms with E-state index < -0.39 is 0 Å². The van der Waals surface area contributed by atoms with E-state index in [4.69, 9.17) is 16.3 Å². The smallest absolute Gasteiger partial charge is 0.135 e. The molecule has 1 aliphatic rings. The molecule has 0 aliphatic carbocycles. The molecule has 2 nitrogen and oxygen atoms in total. The first-order valence-corrected chi connectivity index (χ1v) is 5.75. The minimum atomic E-state index is 0.268. The summed E-state index contributed by atoms with van der Waals surface area (Å²) in [5.74, 6) is 0.825. The molecule has 0 aromatic heterocycles. The average molecular weight is 277 g/mol. The first-order valence-electron chi connectivity index (χ1n) is 4.58. The quantitative estimate of drug-likeness (QED) is 0.897. The molecule has 0 bridgehead atoms. The normalized spacial score (nSPS) is 21.1. The number of halogens is 2. The van der Waals surface area contributed by atoms with E-state index in [-0.39, 0.29) is 6.10 Å². The van der Waals surface area contributed by atoms with E-state index in [1.165, 1.54) is 0 Å². The summed E-state index contributed by atoms with van der Waals surface area (Å²) in [6.45, 7) is 1.95. The molecule has 1 unspecified atom stereocenters. The third-order valence-corrected chi connectivity index (χ3v) is 3.09. The van der Waals surface area contributed by atoms with Gasteiger partial charge in [-0.05, 0) is 47.1 Å². The van der Waals surface area contributed by atoms with Gasteiger partial charge < -0.3 is 10.1 Å². The van der Waals surface area contributed by atoms with E-state index in [1.54, 1.807) is 0 Å². The van der Waals surface area contributed by atoms with Gasteiger partial charge in [0.05, 0.1) is 4.47 Å². The van der Waals surface area contributed by atoms with Crippen molar-refractivity contribution in [2.75, 3.05) is 13.1 Å². The van der Waals surface area contributed by atoms with Crippen LogP contribution in [0.25, 0.3) is 0 Å². The maximum Gasteiger partial charge on any atom is 0.135 e. The average Bonchev–Trinajstić information content (AvgIpc) is 2.64. The van der Waals surface area contributed by atoms with Gasteiger partial charge in [-0.2, -0.15) is 0 Å². The van der Waals surface area contributed by atoms with Gasteiger partial charge in [0.2, 0.25) is 0 Å². The van der Waals surface area contributed by atoms with Crippen molar-refractivity contribution >= 4 is 27.5 Å². The first kappa shape index (κ1) is 10.3. The Morgan fingerprint density at radius 3 is 3.07 bits per heavy atom. The number of ether oxygens (including phenoxy) is 1. The molecular weight excluding hydrogens is 265 g/mol. The predicted molar refractivity (Wildman–Crippen MR) is 61.1 cm³/mol.